The fraction of sp³-hybridized carbons (Fsp3) is 1.00. The summed E-state index contributed by atoms with van der Waals surface area (Å²) in [7, 11) is -15.4. The quantitative estimate of drug-likeness (QED) is 0.0872. The Bertz CT molecular complexity index is 1430. The lowest BCUT2D eigenvalue weighted by Gasteiger charge is -2.51. The summed E-state index contributed by atoms with van der Waals surface area (Å²) in [5.74, 6) is -107. The number of hydrogen-bond donors (Lipinski definition) is 0. The van der Waals surface area contributed by atoms with Gasteiger partial charge in [0, 0.05) is 25.7 Å². The number of hydrogen-bond acceptors (Lipinski definition) is 1. The molecule has 0 saturated heterocycles. The van der Waals surface area contributed by atoms with Gasteiger partial charge in [-0.15, -0.1) is 0 Å². The van der Waals surface area contributed by atoms with Crippen molar-refractivity contribution in [3.63, 3.8) is 0 Å². The minimum Gasteiger partial charge on any atom is -0.448 e. The van der Waals surface area contributed by atoms with E-state index in [9.17, 15) is 132 Å². The van der Waals surface area contributed by atoms with Crippen molar-refractivity contribution in [3.05, 3.63) is 0 Å². The Labute approximate surface area is 317 Å². The fourth-order valence-electron chi connectivity index (χ4n) is 4.49. The zero-order valence-corrected chi connectivity index (χ0v) is 31.1. The molecular formula is C24H20F34OSi2. The molecule has 0 aromatic carbocycles. The first-order valence-electron chi connectivity index (χ1n) is 14.7. The third kappa shape index (κ3) is 8.78. The van der Waals surface area contributed by atoms with Crippen LogP contribution in [0, 0.1) is 0 Å². The predicted octanol–water partition coefficient (Wildman–Crippen LogP) is 14.1. The second kappa shape index (κ2) is 15.3. The molecule has 0 fully saturated rings. The first-order valence-corrected chi connectivity index (χ1v) is 20.6. The lowest BCUT2D eigenvalue weighted by molar-refractivity contribution is -0.442. The van der Waals surface area contributed by atoms with Crippen molar-refractivity contribution in [1.82, 2.24) is 0 Å². The highest BCUT2D eigenvalue weighted by Crippen LogP contribution is 2.68. The van der Waals surface area contributed by atoms with E-state index >= 15 is 17.6 Å². The largest absolute Gasteiger partial charge is 0.448 e. The highest BCUT2D eigenvalue weighted by molar-refractivity contribution is 6.87. The van der Waals surface area contributed by atoms with Gasteiger partial charge in [0.1, 0.15) is 0 Å². The summed E-state index contributed by atoms with van der Waals surface area (Å²) in [6, 6.07) is 0. The summed E-state index contributed by atoms with van der Waals surface area (Å²) in [5.41, 5.74) is -17.9. The summed E-state index contributed by atoms with van der Waals surface area (Å²) in [6.45, 7) is -2.42. The molecule has 0 spiro atoms. The Morgan fingerprint density at radius 3 is 0.623 bits per heavy atom. The van der Waals surface area contributed by atoms with Crippen LogP contribution < -0.4 is 0 Å². The van der Waals surface area contributed by atoms with E-state index in [1.165, 1.54) is 0 Å². The van der Waals surface area contributed by atoms with Crippen molar-refractivity contribution < 1.29 is 153 Å². The van der Waals surface area contributed by atoms with Crippen molar-refractivity contribution in [2.24, 2.45) is 0 Å². The van der Waals surface area contributed by atoms with Crippen molar-refractivity contribution >= 4 is 16.6 Å². The van der Waals surface area contributed by atoms with E-state index in [4.69, 9.17) is 0 Å². The second-order valence-electron chi connectivity index (χ2n) is 13.8. The van der Waals surface area contributed by atoms with Crippen molar-refractivity contribution in [2.45, 2.75) is 146 Å². The van der Waals surface area contributed by atoms with E-state index < -0.39 is 143 Å². The van der Waals surface area contributed by atoms with Crippen molar-refractivity contribution in [1.29, 1.82) is 0 Å². The average molecular weight is 1030 g/mol. The number of rotatable bonds is 20. The first kappa shape index (κ1) is 59.0. The minimum atomic E-state index is -9.98. The molecule has 0 aromatic rings. The van der Waals surface area contributed by atoms with Gasteiger partial charge >= 0.3 is 103 Å². The third-order valence-corrected chi connectivity index (χ3v) is 15.1. The van der Waals surface area contributed by atoms with Crippen LogP contribution >= 0.6 is 0 Å². The van der Waals surface area contributed by atoms with Crippen LogP contribution in [0.1, 0.15) is 25.7 Å². The molecule has 0 aliphatic carbocycles. The maximum Gasteiger partial charge on any atom is 0.389 e. The van der Waals surface area contributed by atoms with Gasteiger partial charge in [-0.05, 0) is 26.2 Å². The van der Waals surface area contributed by atoms with Crippen LogP contribution in [0.4, 0.5) is 149 Å². The standard InChI is InChI=1S/C24H20F34OSi2/c1-60(2,3)59-61(4,23(55,56)21(51,52)19(47,48)17(43,44)15(39,40)13(35,36)9(25,26)5-7-11(29,30)31)24(57,58)22(53,54)20(49,50)18(45,46)16(41,42)14(37,38)10(27,28)6-8-12(32,33)34/h5-8H2,1-4H3. The smallest absolute Gasteiger partial charge is 0.389 e. The maximum absolute atomic E-state index is 15.4. The molecule has 0 radical (unpaired) electrons. The molecule has 37 heteroatoms. The van der Waals surface area contributed by atoms with E-state index in [0.717, 1.165) is 0 Å². The van der Waals surface area contributed by atoms with E-state index in [2.05, 4.69) is 4.12 Å². The van der Waals surface area contributed by atoms with Gasteiger partial charge in [0.05, 0.1) is 0 Å². The van der Waals surface area contributed by atoms with Gasteiger partial charge in [-0.2, -0.15) is 132 Å². The molecule has 0 N–H and O–H groups in total. The molecular weight excluding hydrogens is 1010 g/mol. The topological polar surface area (TPSA) is 9.23 Å². The van der Waals surface area contributed by atoms with Gasteiger partial charge in [0.25, 0.3) is 0 Å². The molecule has 0 saturated carbocycles. The summed E-state index contributed by atoms with van der Waals surface area (Å²) >= 11 is 0. The monoisotopic (exact) mass is 1030 g/mol. The van der Waals surface area contributed by atoms with E-state index in [1.54, 1.807) is 0 Å². The zero-order chi connectivity index (χ0) is 50.5. The SMILES string of the molecule is C[Si](C)(C)O[Si](C)(C(F)(F)C(F)(F)C(F)(F)C(F)(F)C(F)(F)C(F)(F)C(F)(F)CCC(F)(F)F)C(F)(F)C(F)(F)C(F)(F)C(F)(F)C(F)(F)C(F)(F)C(F)(F)CCC(F)(F)F. The van der Waals surface area contributed by atoms with E-state index in [0.29, 0.717) is 0 Å². The zero-order valence-electron chi connectivity index (χ0n) is 29.1. The lowest BCUT2D eigenvalue weighted by Crippen LogP contribution is -2.84. The fourth-order valence-corrected chi connectivity index (χ4v) is 12.3. The third-order valence-electron chi connectivity index (χ3n) is 8.02. The van der Waals surface area contributed by atoms with Crippen LogP contribution in [0.15, 0.2) is 0 Å². The Hall–Kier alpha value is -1.99. The van der Waals surface area contributed by atoms with Crippen LogP contribution in [0.5, 0.6) is 0 Å². The van der Waals surface area contributed by atoms with Crippen LogP contribution in [0.25, 0.3) is 0 Å². The van der Waals surface area contributed by atoms with Gasteiger partial charge in [0.2, 0.25) is 0 Å². The predicted molar refractivity (Wildman–Crippen MR) is 136 cm³/mol. The molecule has 0 bridgehead atoms. The van der Waals surface area contributed by atoms with Crippen LogP contribution in [0.2, 0.25) is 26.2 Å². The highest BCUT2D eigenvalue weighted by atomic mass is 28.4. The Morgan fingerprint density at radius 1 is 0.262 bits per heavy atom. The molecule has 1 nitrogen and oxygen atoms in total. The van der Waals surface area contributed by atoms with Crippen molar-refractivity contribution in [2.75, 3.05) is 0 Å². The Morgan fingerprint density at radius 2 is 0.443 bits per heavy atom. The molecule has 0 unspecified atom stereocenters. The lowest BCUT2D eigenvalue weighted by atomic mass is 9.89. The number of alkyl halides is 34. The van der Waals surface area contributed by atoms with Crippen LogP contribution in [-0.4, -0.2) is 111 Å². The molecule has 0 aromatic heterocycles. The number of halogens is 34. The van der Waals surface area contributed by atoms with Gasteiger partial charge in [-0.3, -0.25) is 0 Å². The second-order valence-corrected chi connectivity index (χ2v) is 22.1. The van der Waals surface area contributed by atoms with Crippen LogP contribution in [0.3, 0.4) is 0 Å². The van der Waals surface area contributed by atoms with E-state index in [-0.39, 0.29) is 19.6 Å². The molecule has 368 valence electrons. The maximum atomic E-state index is 15.4. The molecule has 0 rings (SSSR count). The van der Waals surface area contributed by atoms with Crippen LogP contribution in [-0.2, 0) is 4.12 Å². The Balaban J connectivity index is 8.14. The minimum absolute atomic E-state index is 0.129. The van der Waals surface area contributed by atoms with Gasteiger partial charge < -0.3 is 4.12 Å². The van der Waals surface area contributed by atoms with Crippen molar-refractivity contribution in [3.8, 4) is 0 Å². The highest BCUT2D eigenvalue weighted by Gasteiger charge is 3.00. The molecule has 0 amide bonds. The normalized spacial score (nSPS) is 17.0. The van der Waals surface area contributed by atoms with Gasteiger partial charge in [-0.25, -0.2) is 17.6 Å². The Kier molecular flexibility index (Phi) is 14.8. The summed E-state index contributed by atoms with van der Waals surface area (Å²) in [6.07, 6.45) is -27.0. The molecule has 0 heterocycles. The molecule has 0 aliphatic rings. The van der Waals surface area contributed by atoms with Gasteiger partial charge in [-0.1, -0.05) is 0 Å². The summed E-state index contributed by atoms with van der Waals surface area (Å²) < 4.78 is 481. The summed E-state index contributed by atoms with van der Waals surface area (Å²) in [5, 5.41) is 0. The molecule has 61 heavy (non-hydrogen) atoms. The summed E-state index contributed by atoms with van der Waals surface area (Å²) in [4.78, 5) is 0. The van der Waals surface area contributed by atoms with E-state index in [1.807, 2.05) is 0 Å². The average Bonchev–Trinajstić information content (AvgIpc) is 3.00. The first-order chi connectivity index (χ1) is 25.6. The molecule has 0 atom stereocenters. The van der Waals surface area contributed by atoms with Gasteiger partial charge in [0.15, 0.2) is 8.32 Å². The molecule has 0 aliphatic heterocycles.